The molecule has 0 aromatic carbocycles. The van der Waals surface area contributed by atoms with Crippen molar-refractivity contribution in [1.29, 1.82) is 0 Å². The van der Waals surface area contributed by atoms with Crippen molar-refractivity contribution in [3.63, 3.8) is 0 Å². The van der Waals surface area contributed by atoms with Crippen LogP contribution in [0.1, 0.15) is 19.3 Å². The summed E-state index contributed by atoms with van der Waals surface area (Å²) in [4.78, 5) is 32.3. The van der Waals surface area contributed by atoms with Gasteiger partial charge in [-0.3, -0.25) is 14.4 Å². The molecule has 86 valence electrons. The molecule has 0 saturated carbocycles. The molecule has 0 spiro atoms. The van der Waals surface area contributed by atoms with Crippen LogP contribution >= 0.6 is 0 Å². The highest BCUT2D eigenvalue weighted by Gasteiger charge is 2.21. The lowest BCUT2D eigenvalue weighted by molar-refractivity contribution is -0.145. The third-order valence-electron chi connectivity index (χ3n) is 1.83. The minimum atomic E-state index is -1.06. The minimum Gasteiger partial charge on any atom is -0.481 e. The molecule has 0 radical (unpaired) electrons. The zero-order valence-electron chi connectivity index (χ0n) is 8.69. The van der Waals surface area contributed by atoms with Gasteiger partial charge in [-0.1, -0.05) is 0 Å². The summed E-state index contributed by atoms with van der Waals surface area (Å²) < 4.78 is 8.79. The molecule has 15 heavy (non-hydrogen) atoms. The van der Waals surface area contributed by atoms with Gasteiger partial charge in [0.1, 0.15) is 0 Å². The van der Waals surface area contributed by atoms with Crippen LogP contribution in [0.2, 0.25) is 0 Å². The number of aliphatic carboxylic acids is 1. The maximum absolute atomic E-state index is 10.9. The number of carbonyl (C=O) groups is 3. The van der Waals surface area contributed by atoms with Crippen LogP contribution in [0.25, 0.3) is 0 Å². The number of ether oxygens (including phenoxy) is 2. The van der Waals surface area contributed by atoms with E-state index in [1.807, 2.05) is 0 Å². The van der Waals surface area contributed by atoms with Crippen molar-refractivity contribution in [2.75, 3.05) is 14.2 Å². The maximum atomic E-state index is 10.9. The van der Waals surface area contributed by atoms with E-state index >= 15 is 0 Å². The molecule has 0 aliphatic rings. The molecular weight excluding hydrogens is 204 g/mol. The summed E-state index contributed by atoms with van der Waals surface area (Å²) in [5, 5.41) is 8.55. The smallest absolute Gasteiger partial charge is 0.305 e. The van der Waals surface area contributed by atoms with Crippen LogP contribution in [0.15, 0.2) is 0 Å². The van der Waals surface area contributed by atoms with E-state index < -0.39 is 23.8 Å². The summed E-state index contributed by atoms with van der Waals surface area (Å²) in [7, 11) is 2.41. The molecule has 1 N–H and O–H groups in total. The average Bonchev–Trinajstić information content (AvgIpc) is 2.16. The van der Waals surface area contributed by atoms with Crippen molar-refractivity contribution >= 4 is 17.9 Å². The molecule has 0 amide bonds. The fraction of sp³-hybridized carbons (Fsp3) is 0.667. The first kappa shape index (κ1) is 13.4. The second-order valence-corrected chi connectivity index (χ2v) is 3.02. The van der Waals surface area contributed by atoms with Gasteiger partial charge < -0.3 is 14.6 Å². The van der Waals surface area contributed by atoms with E-state index in [0.717, 1.165) is 0 Å². The summed E-state index contributed by atoms with van der Waals surface area (Å²) in [6.45, 7) is 0. The molecule has 0 heterocycles. The van der Waals surface area contributed by atoms with Gasteiger partial charge in [0.2, 0.25) is 0 Å². The topological polar surface area (TPSA) is 89.9 Å². The van der Waals surface area contributed by atoms with Crippen molar-refractivity contribution in [2.24, 2.45) is 5.92 Å². The number of carboxylic acid groups (broad SMARTS) is 1. The molecule has 0 aliphatic heterocycles. The Bertz CT molecular complexity index is 229. The Morgan fingerprint density at radius 3 is 1.67 bits per heavy atom. The molecule has 0 rings (SSSR count). The van der Waals surface area contributed by atoms with E-state index in [2.05, 4.69) is 9.47 Å². The molecule has 0 aromatic rings. The SMILES string of the molecule is COC(=O)CC(CC(=O)O)CC(=O)OC. The van der Waals surface area contributed by atoms with Gasteiger partial charge in [-0.15, -0.1) is 0 Å². The fourth-order valence-electron chi connectivity index (χ4n) is 1.10. The Kier molecular flexibility index (Phi) is 6.08. The van der Waals surface area contributed by atoms with E-state index in [1.54, 1.807) is 0 Å². The van der Waals surface area contributed by atoms with Gasteiger partial charge in [0.25, 0.3) is 0 Å². The third kappa shape index (κ3) is 6.48. The standard InChI is InChI=1S/C9H14O6/c1-14-8(12)4-6(3-7(10)11)5-9(13)15-2/h6H,3-5H2,1-2H3,(H,10,11). The molecule has 0 unspecified atom stereocenters. The van der Waals surface area contributed by atoms with E-state index in [9.17, 15) is 14.4 Å². The quantitative estimate of drug-likeness (QED) is 0.640. The molecule has 6 nitrogen and oxygen atoms in total. The predicted octanol–water partition coefficient (Wildman–Crippen LogP) is 0.203. The lowest BCUT2D eigenvalue weighted by atomic mass is 9.98. The van der Waals surface area contributed by atoms with Gasteiger partial charge in [-0.05, 0) is 5.92 Å². The average molecular weight is 218 g/mol. The minimum absolute atomic E-state index is 0.0993. The Morgan fingerprint density at radius 2 is 1.40 bits per heavy atom. The van der Waals surface area contributed by atoms with Crippen LogP contribution in [0.4, 0.5) is 0 Å². The van der Waals surface area contributed by atoms with E-state index in [1.165, 1.54) is 14.2 Å². The lowest BCUT2D eigenvalue weighted by Crippen LogP contribution is -2.18. The Hall–Kier alpha value is -1.59. The van der Waals surface area contributed by atoms with Gasteiger partial charge in [0.05, 0.1) is 14.2 Å². The van der Waals surface area contributed by atoms with Crippen molar-refractivity contribution in [3.8, 4) is 0 Å². The van der Waals surface area contributed by atoms with E-state index in [-0.39, 0.29) is 19.3 Å². The lowest BCUT2D eigenvalue weighted by Gasteiger charge is -2.11. The van der Waals surface area contributed by atoms with Crippen LogP contribution in [-0.4, -0.2) is 37.2 Å². The number of rotatable bonds is 6. The van der Waals surface area contributed by atoms with Crippen LogP contribution in [0.5, 0.6) is 0 Å². The Balaban J connectivity index is 4.23. The number of methoxy groups -OCH3 is 2. The monoisotopic (exact) mass is 218 g/mol. The Morgan fingerprint density at radius 1 is 1.00 bits per heavy atom. The zero-order chi connectivity index (χ0) is 11.8. The molecule has 0 bridgehead atoms. The largest absolute Gasteiger partial charge is 0.481 e. The molecule has 0 saturated heterocycles. The first-order chi connectivity index (χ1) is 6.99. The first-order valence-electron chi connectivity index (χ1n) is 4.35. The number of carbonyl (C=O) groups excluding carboxylic acids is 2. The number of carboxylic acids is 1. The highest BCUT2D eigenvalue weighted by molar-refractivity contribution is 5.75. The van der Waals surface area contributed by atoms with Gasteiger partial charge in [0, 0.05) is 19.3 Å². The Labute approximate surface area is 87.2 Å². The molecule has 6 heteroatoms. The zero-order valence-corrected chi connectivity index (χ0v) is 8.69. The van der Waals surface area contributed by atoms with Crippen molar-refractivity contribution in [2.45, 2.75) is 19.3 Å². The van der Waals surface area contributed by atoms with Crippen molar-refractivity contribution < 1.29 is 29.0 Å². The normalized spacial score (nSPS) is 9.80. The van der Waals surface area contributed by atoms with Crippen LogP contribution < -0.4 is 0 Å². The van der Waals surface area contributed by atoms with Gasteiger partial charge >= 0.3 is 17.9 Å². The molecule has 0 aromatic heterocycles. The second kappa shape index (κ2) is 6.80. The molecule has 0 fully saturated rings. The summed E-state index contributed by atoms with van der Waals surface area (Å²) in [6, 6.07) is 0. The van der Waals surface area contributed by atoms with Crippen molar-refractivity contribution in [1.82, 2.24) is 0 Å². The van der Waals surface area contributed by atoms with Crippen molar-refractivity contribution in [3.05, 3.63) is 0 Å². The highest BCUT2D eigenvalue weighted by Crippen LogP contribution is 2.15. The molecule has 0 atom stereocenters. The summed E-state index contributed by atoms with van der Waals surface area (Å²) in [5.41, 5.74) is 0. The number of esters is 2. The van der Waals surface area contributed by atoms with Gasteiger partial charge in [-0.25, -0.2) is 0 Å². The third-order valence-corrected chi connectivity index (χ3v) is 1.83. The highest BCUT2D eigenvalue weighted by atomic mass is 16.5. The first-order valence-corrected chi connectivity index (χ1v) is 4.35. The van der Waals surface area contributed by atoms with Gasteiger partial charge in [0.15, 0.2) is 0 Å². The van der Waals surface area contributed by atoms with Crippen LogP contribution in [0, 0.1) is 5.92 Å². The number of hydrogen-bond donors (Lipinski definition) is 1. The van der Waals surface area contributed by atoms with Crippen LogP contribution in [-0.2, 0) is 23.9 Å². The van der Waals surface area contributed by atoms with E-state index in [0.29, 0.717) is 0 Å². The summed E-state index contributed by atoms with van der Waals surface area (Å²) >= 11 is 0. The predicted molar refractivity (Wildman–Crippen MR) is 49.0 cm³/mol. The van der Waals surface area contributed by atoms with Gasteiger partial charge in [-0.2, -0.15) is 0 Å². The molecule has 0 aliphatic carbocycles. The number of hydrogen-bond acceptors (Lipinski definition) is 5. The maximum Gasteiger partial charge on any atom is 0.305 e. The second-order valence-electron chi connectivity index (χ2n) is 3.02. The van der Waals surface area contributed by atoms with Crippen LogP contribution in [0.3, 0.4) is 0 Å². The van der Waals surface area contributed by atoms with E-state index in [4.69, 9.17) is 5.11 Å². The fourth-order valence-corrected chi connectivity index (χ4v) is 1.10. The summed E-state index contributed by atoms with van der Waals surface area (Å²) in [6.07, 6.45) is -0.458. The summed E-state index contributed by atoms with van der Waals surface area (Å²) in [5.74, 6) is -2.72. The molecular formula is C9H14O6.